The largest absolute Gasteiger partial charge is 0.311 e. The summed E-state index contributed by atoms with van der Waals surface area (Å²) in [5, 5.41) is 2.61. The van der Waals surface area contributed by atoms with Gasteiger partial charge in [-0.25, -0.2) is 0 Å². The molecule has 0 unspecified atom stereocenters. The summed E-state index contributed by atoms with van der Waals surface area (Å²) in [6, 6.07) is 52.6. The first-order valence-corrected chi connectivity index (χ1v) is 15.1. The number of benzene rings is 6. The Bertz CT molecular complexity index is 1960. The number of aryl methyl sites for hydroxylation is 1. The molecule has 0 aliphatic carbocycles. The summed E-state index contributed by atoms with van der Waals surface area (Å²) in [5.41, 5.74) is 10.8. The van der Waals surface area contributed by atoms with Gasteiger partial charge in [-0.3, -0.25) is 0 Å². The van der Waals surface area contributed by atoms with Crippen LogP contribution < -0.4 is 4.90 Å². The SMILES string of the molecule is CCc1ccc2c(c1)c1cc(I)ccc1n2-c1ccc(N(c2ccccc2)c2ccc(-c3ccccc3)cc2)cc1. The Morgan fingerprint density at radius 2 is 1.07 bits per heavy atom. The molecular weight excluding hydrogens is 611 g/mol. The van der Waals surface area contributed by atoms with E-state index in [2.05, 4.69) is 185 Å². The minimum Gasteiger partial charge on any atom is -0.311 e. The van der Waals surface area contributed by atoms with E-state index in [4.69, 9.17) is 0 Å². The van der Waals surface area contributed by atoms with Crippen LogP contribution in [0.15, 0.2) is 146 Å². The Labute approximate surface area is 254 Å². The van der Waals surface area contributed by atoms with Gasteiger partial charge in [-0.2, -0.15) is 0 Å². The van der Waals surface area contributed by atoms with Crippen LogP contribution in [0.25, 0.3) is 38.6 Å². The van der Waals surface area contributed by atoms with Crippen LogP contribution in [-0.2, 0) is 6.42 Å². The van der Waals surface area contributed by atoms with E-state index in [9.17, 15) is 0 Å². The van der Waals surface area contributed by atoms with Crippen molar-refractivity contribution in [2.45, 2.75) is 13.3 Å². The first kappa shape index (κ1) is 25.6. The van der Waals surface area contributed by atoms with Crippen LogP contribution in [0.5, 0.6) is 0 Å². The number of aromatic nitrogens is 1. The molecular formula is C38H29IN2. The Balaban J connectivity index is 1.32. The molecule has 0 bridgehead atoms. The van der Waals surface area contributed by atoms with Gasteiger partial charge in [0.25, 0.3) is 0 Å². The smallest absolute Gasteiger partial charge is 0.0541 e. The summed E-state index contributed by atoms with van der Waals surface area (Å²) in [4.78, 5) is 2.32. The molecule has 0 saturated heterocycles. The average Bonchev–Trinajstić information content (AvgIpc) is 3.35. The molecule has 1 heterocycles. The third kappa shape index (κ3) is 4.81. The second kappa shape index (κ2) is 10.9. The molecule has 0 aliphatic rings. The highest BCUT2D eigenvalue weighted by Gasteiger charge is 2.16. The van der Waals surface area contributed by atoms with Gasteiger partial charge in [0.05, 0.1) is 11.0 Å². The molecule has 6 aromatic carbocycles. The summed E-state index contributed by atoms with van der Waals surface area (Å²) in [7, 11) is 0. The van der Waals surface area contributed by atoms with E-state index < -0.39 is 0 Å². The lowest BCUT2D eigenvalue weighted by molar-refractivity contribution is 1.14. The number of fused-ring (bicyclic) bond motifs is 3. The molecule has 41 heavy (non-hydrogen) atoms. The zero-order valence-electron chi connectivity index (χ0n) is 22.8. The van der Waals surface area contributed by atoms with Gasteiger partial charge >= 0.3 is 0 Å². The number of halogens is 1. The van der Waals surface area contributed by atoms with E-state index in [0.29, 0.717) is 0 Å². The van der Waals surface area contributed by atoms with Crippen LogP contribution in [0.1, 0.15) is 12.5 Å². The lowest BCUT2D eigenvalue weighted by Gasteiger charge is -2.26. The van der Waals surface area contributed by atoms with Gasteiger partial charge < -0.3 is 9.47 Å². The van der Waals surface area contributed by atoms with Crippen molar-refractivity contribution < 1.29 is 0 Å². The fraction of sp³-hybridized carbons (Fsp3) is 0.0526. The zero-order valence-corrected chi connectivity index (χ0v) is 25.0. The molecule has 0 fully saturated rings. The van der Waals surface area contributed by atoms with Crippen molar-refractivity contribution in [2.24, 2.45) is 0 Å². The molecule has 0 amide bonds. The predicted octanol–water partition coefficient (Wildman–Crippen LogP) is 11.1. The lowest BCUT2D eigenvalue weighted by Crippen LogP contribution is -2.10. The molecule has 3 heteroatoms. The fourth-order valence-electron chi connectivity index (χ4n) is 5.75. The van der Waals surface area contributed by atoms with Gasteiger partial charge in [0, 0.05) is 37.1 Å². The van der Waals surface area contributed by atoms with Crippen LogP contribution in [0, 0.1) is 3.57 Å². The fourth-order valence-corrected chi connectivity index (χ4v) is 6.24. The molecule has 198 valence electrons. The topological polar surface area (TPSA) is 8.17 Å². The predicted molar refractivity (Wildman–Crippen MR) is 183 cm³/mol. The highest BCUT2D eigenvalue weighted by Crippen LogP contribution is 2.38. The number of rotatable bonds is 6. The maximum absolute atomic E-state index is 2.42. The number of hydrogen-bond donors (Lipinski definition) is 0. The van der Waals surface area contributed by atoms with Crippen molar-refractivity contribution in [2.75, 3.05) is 4.90 Å². The van der Waals surface area contributed by atoms with Gasteiger partial charge in [0.2, 0.25) is 0 Å². The quantitative estimate of drug-likeness (QED) is 0.164. The van der Waals surface area contributed by atoms with Gasteiger partial charge in [-0.15, -0.1) is 0 Å². The molecule has 2 nitrogen and oxygen atoms in total. The van der Waals surface area contributed by atoms with Gasteiger partial charge in [-0.1, -0.05) is 73.7 Å². The molecule has 0 atom stereocenters. The maximum Gasteiger partial charge on any atom is 0.0541 e. The minimum atomic E-state index is 1.03. The van der Waals surface area contributed by atoms with Crippen LogP contribution >= 0.6 is 22.6 Å². The Morgan fingerprint density at radius 3 is 1.73 bits per heavy atom. The van der Waals surface area contributed by atoms with Crippen molar-refractivity contribution in [3.05, 3.63) is 155 Å². The Morgan fingerprint density at radius 1 is 0.537 bits per heavy atom. The standard InChI is InChI=1S/C38H29IN2/c1-2-27-13-23-37-35(25-27)36-26-30(39)16-24-38(36)41(37)34-21-19-33(20-22-34)40(31-11-7-4-8-12-31)32-17-14-29(15-18-32)28-9-5-3-6-10-28/h3-26H,2H2,1H3. The second-order valence-electron chi connectivity index (χ2n) is 10.3. The number of para-hydroxylation sites is 1. The van der Waals surface area contributed by atoms with Crippen molar-refractivity contribution in [1.29, 1.82) is 0 Å². The lowest BCUT2D eigenvalue weighted by atomic mass is 10.0. The molecule has 0 saturated carbocycles. The Hall–Kier alpha value is -4.35. The average molecular weight is 641 g/mol. The third-order valence-electron chi connectivity index (χ3n) is 7.81. The minimum absolute atomic E-state index is 1.03. The molecule has 7 aromatic rings. The van der Waals surface area contributed by atoms with E-state index in [1.807, 2.05) is 0 Å². The van der Waals surface area contributed by atoms with E-state index in [1.165, 1.54) is 42.1 Å². The number of anilines is 3. The van der Waals surface area contributed by atoms with Crippen LogP contribution in [0.3, 0.4) is 0 Å². The molecule has 0 spiro atoms. The summed E-state index contributed by atoms with van der Waals surface area (Å²) < 4.78 is 3.65. The summed E-state index contributed by atoms with van der Waals surface area (Å²) in [6.07, 6.45) is 1.03. The summed E-state index contributed by atoms with van der Waals surface area (Å²) >= 11 is 2.42. The highest BCUT2D eigenvalue weighted by atomic mass is 127. The monoisotopic (exact) mass is 640 g/mol. The first-order chi connectivity index (χ1) is 20.2. The summed E-state index contributed by atoms with van der Waals surface area (Å²) in [6.45, 7) is 2.22. The maximum atomic E-state index is 2.42. The molecule has 0 aliphatic heterocycles. The molecule has 0 radical (unpaired) electrons. The zero-order chi connectivity index (χ0) is 27.8. The Kier molecular flexibility index (Phi) is 6.81. The van der Waals surface area contributed by atoms with E-state index >= 15 is 0 Å². The molecule has 0 N–H and O–H groups in total. The van der Waals surface area contributed by atoms with E-state index in [1.54, 1.807) is 0 Å². The first-order valence-electron chi connectivity index (χ1n) is 14.0. The van der Waals surface area contributed by atoms with E-state index in [0.717, 1.165) is 29.2 Å². The van der Waals surface area contributed by atoms with Crippen molar-refractivity contribution in [1.82, 2.24) is 4.57 Å². The molecule has 1 aromatic heterocycles. The highest BCUT2D eigenvalue weighted by molar-refractivity contribution is 14.1. The molecule has 7 rings (SSSR count). The van der Waals surface area contributed by atoms with Crippen LogP contribution in [-0.4, -0.2) is 4.57 Å². The van der Waals surface area contributed by atoms with E-state index in [-0.39, 0.29) is 0 Å². The van der Waals surface area contributed by atoms with Crippen LogP contribution in [0.2, 0.25) is 0 Å². The van der Waals surface area contributed by atoms with Gasteiger partial charge in [0.1, 0.15) is 0 Å². The third-order valence-corrected chi connectivity index (χ3v) is 8.48. The van der Waals surface area contributed by atoms with Crippen LogP contribution in [0.4, 0.5) is 17.1 Å². The van der Waals surface area contributed by atoms with Crippen molar-refractivity contribution in [3.8, 4) is 16.8 Å². The van der Waals surface area contributed by atoms with Gasteiger partial charge in [-0.05, 0) is 125 Å². The normalized spacial score (nSPS) is 11.3. The second-order valence-corrected chi connectivity index (χ2v) is 11.5. The number of hydrogen-bond acceptors (Lipinski definition) is 1. The van der Waals surface area contributed by atoms with Gasteiger partial charge in [0.15, 0.2) is 0 Å². The number of nitrogens with zero attached hydrogens (tertiary/aromatic N) is 2. The summed E-state index contributed by atoms with van der Waals surface area (Å²) in [5.74, 6) is 0. The van der Waals surface area contributed by atoms with Crippen molar-refractivity contribution in [3.63, 3.8) is 0 Å². The van der Waals surface area contributed by atoms with Crippen molar-refractivity contribution >= 4 is 61.5 Å².